The molecule has 6 heteroatoms. The molecule has 0 atom stereocenters. The van der Waals surface area contributed by atoms with Crippen LogP contribution in [-0.2, 0) is 0 Å². The summed E-state index contributed by atoms with van der Waals surface area (Å²) in [6.45, 7) is 0. The van der Waals surface area contributed by atoms with Gasteiger partial charge in [-0.15, -0.1) is 23.0 Å². The largest absolute Gasteiger partial charge is 2.00 e. The van der Waals surface area contributed by atoms with Crippen LogP contribution in [0.4, 0.5) is 0 Å². The predicted molar refractivity (Wildman–Crippen MR) is 97.2 cm³/mol. The molecule has 0 aliphatic carbocycles. The molecule has 0 saturated carbocycles. The van der Waals surface area contributed by atoms with Crippen molar-refractivity contribution in [2.45, 2.75) is 0 Å². The molecular formula is C20H12Mg2O4. The maximum Gasteiger partial charge on any atom is 2.00 e. The van der Waals surface area contributed by atoms with E-state index in [2.05, 4.69) is 0 Å². The third-order valence-corrected chi connectivity index (χ3v) is 3.62. The predicted octanol–water partition coefficient (Wildman–Crippen LogP) is 1.21. The first-order valence-corrected chi connectivity index (χ1v) is 7.28. The SMILES string of the molecule is [Mg+2].[Mg+2].[O-]c1cc2ccccc2cc1[O-].[O-]c1cc2ccccc2cc1[O-]. The summed E-state index contributed by atoms with van der Waals surface area (Å²) in [6.07, 6.45) is 0. The van der Waals surface area contributed by atoms with Gasteiger partial charge in [-0.05, 0) is 21.5 Å². The van der Waals surface area contributed by atoms with E-state index >= 15 is 0 Å². The zero-order valence-electron chi connectivity index (χ0n) is 14.0. The second-order valence-corrected chi connectivity index (χ2v) is 5.29. The number of hydrogen-bond acceptors (Lipinski definition) is 4. The second kappa shape index (κ2) is 9.73. The van der Waals surface area contributed by atoms with E-state index in [9.17, 15) is 20.4 Å². The van der Waals surface area contributed by atoms with Crippen molar-refractivity contribution in [2.24, 2.45) is 0 Å². The van der Waals surface area contributed by atoms with Crippen LogP contribution in [0, 0.1) is 0 Å². The van der Waals surface area contributed by atoms with Gasteiger partial charge in [0.15, 0.2) is 0 Å². The molecule has 0 radical (unpaired) electrons. The van der Waals surface area contributed by atoms with Crippen LogP contribution in [0.2, 0.25) is 0 Å². The van der Waals surface area contributed by atoms with Crippen LogP contribution in [-0.4, -0.2) is 46.1 Å². The van der Waals surface area contributed by atoms with Crippen molar-refractivity contribution in [3.8, 4) is 23.0 Å². The Hall–Kier alpha value is -1.87. The quantitative estimate of drug-likeness (QED) is 0.438. The molecule has 4 aromatic rings. The van der Waals surface area contributed by atoms with Gasteiger partial charge in [0.2, 0.25) is 0 Å². The van der Waals surface area contributed by atoms with E-state index in [1.807, 2.05) is 48.5 Å². The Morgan fingerprint density at radius 1 is 0.385 bits per heavy atom. The molecule has 0 heterocycles. The molecule has 0 aliphatic rings. The van der Waals surface area contributed by atoms with Crippen LogP contribution in [0.25, 0.3) is 21.5 Å². The summed E-state index contributed by atoms with van der Waals surface area (Å²) in [5.74, 6) is -1.75. The van der Waals surface area contributed by atoms with E-state index in [1.54, 1.807) is 0 Å². The molecule has 0 saturated heterocycles. The summed E-state index contributed by atoms with van der Waals surface area (Å²) in [6, 6.07) is 20.1. The van der Waals surface area contributed by atoms with E-state index < -0.39 is 23.0 Å². The molecule has 0 amide bonds. The topological polar surface area (TPSA) is 92.2 Å². The summed E-state index contributed by atoms with van der Waals surface area (Å²) in [7, 11) is 0. The molecule has 0 aliphatic heterocycles. The van der Waals surface area contributed by atoms with Crippen LogP contribution in [0.5, 0.6) is 23.0 Å². The molecule has 0 N–H and O–H groups in total. The van der Waals surface area contributed by atoms with Gasteiger partial charge >= 0.3 is 46.1 Å². The Labute approximate surface area is 183 Å². The fraction of sp³-hybridized carbons (Fsp3) is 0. The van der Waals surface area contributed by atoms with E-state index in [1.165, 1.54) is 24.3 Å². The molecular weight excluding hydrogens is 353 g/mol. The monoisotopic (exact) mass is 364 g/mol. The van der Waals surface area contributed by atoms with Gasteiger partial charge in [-0.2, -0.15) is 0 Å². The summed E-state index contributed by atoms with van der Waals surface area (Å²) in [4.78, 5) is 0. The minimum absolute atomic E-state index is 0. The van der Waals surface area contributed by atoms with E-state index in [0.717, 1.165) is 21.5 Å². The zero-order valence-corrected chi connectivity index (χ0v) is 16.8. The van der Waals surface area contributed by atoms with Crippen molar-refractivity contribution in [3.63, 3.8) is 0 Å². The third kappa shape index (κ3) is 5.07. The normalized spacial score (nSPS) is 9.54. The minimum atomic E-state index is -0.436. The Morgan fingerprint density at radius 2 is 0.577 bits per heavy atom. The Kier molecular flexibility index (Phi) is 8.29. The smallest absolute Gasteiger partial charge is 0.873 e. The Morgan fingerprint density at radius 3 is 0.769 bits per heavy atom. The molecule has 0 fully saturated rings. The summed E-state index contributed by atoms with van der Waals surface area (Å²) in [5.41, 5.74) is 0. The maximum absolute atomic E-state index is 10.9. The van der Waals surface area contributed by atoms with Gasteiger partial charge in [0, 0.05) is 0 Å². The minimum Gasteiger partial charge on any atom is -0.873 e. The van der Waals surface area contributed by atoms with Crippen molar-refractivity contribution >= 4 is 67.7 Å². The zero-order chi connectivity index (χ0) is 17.1. The molecule has 0 spiro atoms. The number of fused-ring (bicyclic) bond motifs is 2. The fourth-order valence-electron chi connectivity index (χ4n) is 2.40. The summed E-state index contributed by atoms with van der Waals surface area (Å²) >= 11 is 0. The van der Waals surface area contributed by atoms with Crippen LogP contribution < -0.4 is 20.4 Å². The number of benzene rings is 4. The van der Waals surface area contributed by atoms with Gasteiger partial charge in [0.1, 0.15) is 0 Å². The van der Waals surface area contributed by atoms with Gasteiger partial charge in [0.05, 0.1) is 0 Å². The van der Waals surface area contributed by atoms with Crippen molar-refractivity contribution in [2.75, 3.05) is 0 Å². The number of hydrogen-bond donors (Lipinski definition) is 0. The molecule has 26 heavy (non-hydrogen) atoms. The van der Waals surface area contributed by atoms with E-state index in [4.69, 9.17) is 0 Å². The fourth-order valence-corrected chi connectivity index (χ4v) is 2.40. The van der Waals surface area contributed by atoms with Crippen LogP contribution in [0.1, 0.15) is 0 Å². The molecule has 4 rings (SSSR count). The first-order chi connectivity index (χ1) is 11.5. The maximum atomic E-state index is 10.9. The Bertz CT molecular complexity index is 855. The van der Waals surface area contributed by atoms with Crippen molar-refractivity contribution in [1.82, 2.24) is 0 Å². The average molecular weight is 365 g/mol. The second-order valence-electron chi connectivity index (χ2n) is 5.29. The van der Waals surface area contributed by atoms with Gasteiger partial charge in [-0.25, -0.2) is 0 Å². The molecule has 4 aromatic carbocycles. The summed E-state index contributed by atoms with van der Waals surface area (Å²) < 4.78 is 0. The van der Waals surface area contributed by atoms with Crippen LogP contribution in [0.15, 0.2) is 72.8 Å². The first kappa shape index (κ1) is 22.2. The van der Waals surface area contributed by atoms with Gasteiger partial charge in [-0.1, -0.05) is 72.8 Å². The van der Waals surface area contributed by atoms with Crippen molar-refractivity contribution in [3.05, 3.63) is 72.8 Å². The van der Waals surface area contributed by atoms with Gasteiger partial charge in [0.25, 0.3) is 0 Å². The van der Waals surface area contributed by atoms with E-state index in [0.29, 0.717) is 0 Å². The molecule has 4 nitrogen and oxygen atoms in total. The van der Waals surface area contributed by atoms with Crippen LogP contribution in [0.3, 0.4) is 0 Å². The molecule has 0 aromatic heterocycles. The molecule has 120 valence electrons. The van der Waals surface area contributed by atoms with Gasteiger partial charge in [-0.3, -0.25) is 0 Å². The van der Waals surface area contributed by atoms with Gasteiger partial charge < -0.3 is 20.4 Å². The first-order valence-electron chi connectivity index (χ1n) is 7.28. The van der Waals surface area contributed by atoms with Crippen molar-refractivity contribution in [1.29, 1.82) is 0 Å². The standard InChI is InChI=1S/2C10H8O2.2Mg/c2*11-9-5-7-3-1-2-4-8(7)6-10(9)12;;/h2*1-6,11-12H;;/q;;2*+2/p-4. The van der Waals surface area contributed by atoms with E-state index in [-0.39, 0.29) is 46.1 Å². The third-order valence-electron chi connectivity index (χ3n) is 3.62. The molecule has 0 bridgehead atoms. The van der Waals surface area contributed by atoms with Crippen LogP contribution >= 0.6 is 0 Å². The molecule has 0 unspecified atom stereocenters. The summed E-state index contributed by atoms with van der Waals surface area (Å²) in [5, 5.41) is 47.0. The number of rotatable bonds is 0. The van der Waals surface area contributed by atoms with Crippen molar-refractivity contribution < 1.29 is 20.4 Å². The average Bonchev–Trinajstić information content (AvgIpc) is 2.57. The Balaban J connectivity index is 0.000000241.